The first-order chi connectivity index (χ1) is 6.88. The van der Waals surface area contributed by atoms with Gasteiger partial charge in [0, 0.05) is 11.6 Å². The summed E-state index contributed by atoms with van der Waals surface area (Å²) >= 11 is 3.12. The summed E-state index contributed by atoms with van der Waals surface area (Å²) < 4.78 is 0.978. The fourth-order valence-corrected chi connectivity index (χ4v) is 2.46. The average Bonchev–Trinajstić information content (AvgIpc) is 2.71. The van der Waals surface area contributed by atoms with Crippen LogP contribution in [0.2, 0.25) is 0 Å². The number of nitrogens with two attached hydrogens (primary N) is 1. The molecule has 72 valence electrons. The minimum Gasteiger partial charge on any atom is -0.308 e. The number of nitrogens with one attached hydrogen (secondary N) is 1. The van der Waals surface area contributed by atoms with Crippen molar-refractivity contribution in [3.8, 4) is 0 Å². The third-order valence-corrected chi connectivity index (χ3v) is 3.29. The summed E-state index contributed by atoms with van der Waals surface area (Å²) in [5.74, 6) is 5.92. The number of pyridine rings is 1. The van der Waals surface area contributed by atoms with Crippen molar-refractivity contribution in [2.24, 2.45) is 5.84 Å². The first kappa shape index (κ1) is 9.45. The second-order valence-corrected chi connectivity index (χ2v) is 4.57. The van der Waals surface area contributed by atoms with E-state index in [1.165, 1.54) is 11.8 Å². The highest BCUT2D eigenvalue weighted by Crippen LogP contribution is 2.27. The summed E-state index contributed by atoms with van der Waals surface area (Å²) in [5.41, 5.74) is 2.51. The zero-order valence-electron chi connectivity index (χ0n) is 7.18. The predicted molar refractivity (Wildman–Crippen MR) is 58.3 cm³/mol. The van der Waals surface area contributed by atoms with Gasteiger partial charge in [0.15, 0.2) is 4.34 Å². The normalized spacial score (nSPS) is 10.1. The SMILES string of the molecule is NNc1cccc(Sc2nccs2)n1. The van der Waals surface area contributed by atoms with Crippen LogP contribution in [0.4, 0.5) is 5.82 Å². The van der Waals surface area contributed by atoms with Crippen LogP contribution in [0, 0.1) is 0 Å². The van der Waals surface area contributed by atoms with Crippen LogP contribution in [0.5, 0.6) is 0 Å². The van der Waals surface area contributed by atoms with Gasteiger partial charge in [0.1, 0.15) is 10.8 Å². The third kappa shape index (κ3) is 2.22. The number of hydrogen-bond donors (Lipinski definition) is 2. The highest BCUT2D eigenvalue weighted by molar-refractivity contribution is 8.00. The molecule has 0 unspecified atom stereocenters. The molecule has 4 nitrogen and oxygen atoms in total. The fourth-order valence-electron chi connectivity index (χ4n) is 0.902. The molecule has 0 saturated heterocycles. The Bertz CT molecular complexity index is 401. The topological polar surface area (TPSA) is 63.8 Å². The Morgan fingerprint density at radius 2 is 2.36 bits per heavy atom. The first-order valence-corrected chi connectivity index (χ1v) is 5.59. The van der Waals surface area contributed by atoms with E-state index < -0.39 is 0 Å². The van der Waals surface area contributed by atoms with E-state index in [2.05, 4.69) is 15.4 Å². The van der Waals surface area contributed by atoms with Crippen LogP contribution in [0.15, 0.2) is 39.1 Å². The van der Waals surface area contributed by atoms with Crippen LogP contribution in [-0.2, 0) is 0 Å². The Hall–Kier alpha value is -1.11. The van der Waals surface area contributed by atoms with Crippen LogP contribution in [0.1, 0.15) is 0 Å². The maximum atomic E-state index is 5.26. The predicted octanol–water partition coefficient (Wildman–Crippen LogP) is 1.97. The Balaban J connectivity index is 2.17. The first-order valence-electron chi connectivity index (χ1n) is 3.89. The van der Waals surface area contributed by atoms with E-state index in [1.807, 2.05) is 23.6 Å². The lowest BCUT2D eigenvalue weighted by Crippen LogP contribution is -2.08. The largest absolute Gasteiger partial charge is 0.308 e. The molecule has 2 aromatic heterocycles. The van der Waals surface area contributed by atoms with Crippen LogP contribution < -0.4 is 11.3 Å². The molecule has 0 fully saturated rings. The fraction of sp³-hybridized carbons (Fsp3) is 0. The van der Waals surface area contributed by atoms with Crippen molar-refractivity contribution in [3.63, 3.8) is 0 Å². The molecule has 0 aliphatic heterocycles. The summed E-state index contributed by atoms with van der Waals surface area (Å²) in [6.07, 6.45) is 1.78. The van der Waals surface area contributed by atoms with E-state index in [0.29, 0.717) is 5.82 Å². The average molecular weight is 224 g/mol. The number of anilines is 1. The van der Waals surface area contributed by atoms with E-state index in [9.17, 15) is 0 Å². The highest BCUT2D eigenvalue weighted by atomic mass is 32.2. The second-order valence-electron chi connectivity index (χ2n) is 2.41. The minimum absolute atomic E-state index is 0.659. The van der Waals surface area contributed by atoms with Crippen molar-refractivity contribution in [3.05, 3.63) is 29.8 Å². The van der Waals surface area contributed by atoms with Crippen molar-refractivity contribution in [2.45, 2.75) is 9.37 Å². The number of rotatable bonds is 3. The van der Waals surface area contributed by atoms with Gasteiger partial charge in [0.05, 0.1) is 0 Å². The molecule has 3 N–H and O–H groups in total. The van der Waals surface area contributed by atoms with Gasteiger partial charge in [0.2, 0.25) is 0 Å². The van der Waals surface area contributed by atoms with E-state index in [1.54, 1.807) is 17.5 Å². The van der Waals surface area contributed by atoms with Gasteiger partial charge in [-0.2, -0.15) is 0 Å². The summed E-state index contributed by atoms with van der Waals surface area (Å²) in [6, 6.07) is 5.64. The lowest BCUT2D eigenvalue weighted by Gasteiger charge is -2.00. The molecule has 6 heteroatoms. The zero-order valence-corrected chi connectivity index (χ0v) is 8.81. The van der Waals surface area contributed by atoms with Crippen LogP contribution in [0.3, 0.4) is 0 Å². The van der Waals surface area contributed by atoms with Crippen LogP contribution in [0.25, 0.3) is 0 Å². The van der Waals surface area contributed by atoms with Gasteiger partial charge in [-0.15, -0.1) is 11.3 Å². The van der Waals surface area contributed by atoms with Gasteiger partial charge < -0.3 is 5.43 Å². The van der Waals surface area contributed by atoms with Crippen molar-refractivity contribution >= 4 is 28.9 Å². The summed E-state index contributed by atoms with van der Waals surface area (Å²) in [5, 5.41) is 2.82. The summed E-state index contributed by atoms with van der Waals surface area (Å²) in [7, 11) is 0. The number of hydrogen-bond acceptors (Lipinski definition) is 6. The number of nitrogens with zero attached hydrogens (tertiary/aromatic N) is 2. The molecule has 2 aromatic rings. The molecular formula is C8H8N4S2. The molecule has 0 saturated carbocycles. The smallest absolute Gasteiger partial charge is 0.156 e. The van der Waals surface area contributed by atoms with Gasteiger partial charge in [-0.3, -0.25) is 0 Å². The molecule has 0 radical (unpaired) electrons. The minimum atomic E-state index is 0.659. The van der Waals surface area contributed by atoms with Crippen LogP contribution in [-0.4, -0.2) is 9.97 Å². The van der Waals surface area contributed by atoms with E-state index in [-0.39, 0.29) is 0 Å². The van der Waals surface area contributed by atoms with E-state index in [4.69, 9.17) is 5.84 Å². The Morgan fingerprint density at radius 3 is 3.07 bits per heavy atom. The number of nitrogen functional groups attached to an aromatic ring is 1. The zero-order chi connectivity index (χ0) is 9.80. The maximum absolute atomic E-state index is 5.26. The van der Waals surface area contributed by atoms with Gasteiger partial charge in [-0.1, -0.05) is 6.07 Å². The van der Waals surface area contributed by atoms with Crippen molar-refractivity contribution in [2.75, 3.05) is 5.43 Å². The lowest BCUT2D eigenvalue weighted by atomic mass is 10.5. The highest BCUT2D eigenvalue weighted by Gasteiger charge is 2.01. The molecule has 0 aliphatic carbocycles. The van der Waals surface area contributed by atoms with Crippen molar-refractivity contribution < 1.29 is 0 Å². The molecule has 0 aliphatic rings. The molecule has 0 aromatic carbocycles. The van der Waals surface area contributed by atoms with E-state index in [0.717, 1.165) is 9.37 Å². The standard InChI is InChI=1S/C8H8N4S2/c9-12-6-2-1-3-7(11-6)14-8-10-4-5-13-8/h1-5H,9H2,(H,11,12). The molecule has 0 spiro atoms. The Labute approximate surface area is 89.6 Å². The monoisotopic (exact) mass is 224 g/mol. The third-order valence-electron chi connectivity index (χ3n) is 1.47. The van der Waals surface area contributed by atoms with Crippen molar-refractivity contribution in [1.29, 1.82) is 0 Å². The quantitative estimate of drug-likeness (QED) is 0.616. The lowest BCUT2D eigenvalue weighted by molar-refractivity contribution is 1.10. The molecule has 0 amide bonds. The molecule has 0 atom stereocenters. The maximum Gasteiger partial charge on any atom is 0.156 e. The van der Waals surface area contributed by atoms with Crippen LogP contribution >= 0.6 is 23.1 Å². The molecule has 14 heavy (non-hydrogen) atoms. The number of hydrazine groups is 1. The van der Waals surface area contributed by atoms with Gasteiger partial charge >= 0.3 is 0 Å². The van der Waals surface area contributed by atoms with Gasteiger partial charge in [-0.25, -0.2) is 15.8 Å². The van der Waals surface area contributed by atoms with Gasteiger partial charge in [-0.05, 0) is 23.9 Å². The number of aromatic nitrogens is 2. The summed E-state index contributed by atoms with van der Waals surface area (Å²) in [4.78, 5) is 8.42. The molecule has 2 rings (SSSR count). The second kappa shape index (κ2) is 4.41. The summed E-state index contributed by atoms with van der Waals surface area (Å²) in [6.45, 7) is 0. The molecule has 2 heterocycles. The molecular weight excluding hydrogens is 216 g/mol. The van der Waals surface area contributed by atoms with E-state index >= 15 is 0 Å². The molecule has 0 bridgehead atoms. The Kier molecular flexibility index (Phi) is 2.97. The van der Waals surface area contributed by atoms with Gasteiger partial charge in [0.25, 0.3) is 0 Å². The Morgan fingerprint density at radius 1 is 1.43 bits per heavy atom. The van der Waals surface area contributed by atoms with Crippen molar-refractivity contribution in [1.82, 2.24) is 9.97 Å². The number of thiazole rings is 1.